The third-order valence-corrected chi connectivity index (χ3v) is 7.76. The molecular formula is C30H38O. The predicted octanol–water partition coefficient (Wildman–Crippen LogP) is 7.90. The zero-order valence-electron chi connectivity index (χ0n) is 20.2. The van der Waals surface area contributed by atoms with Crippen molar-refractivity contribution in [2.75, 3.05) is 0 Å². The molecule has 3 rings (SSSR count). The average molecular weight is 415 g/mol. The highest BCUT2D eigenvalue weighted by Gasteiger charge is 2.31. The van der Waals surface area contributed by atoms with Crippen LogP contribution in [0.15, 0.2) is 78.9 Å². The minimum atomic E-state index is -0.427. The Balaban J connectivity index is 1.82. The van der Waals surface area contributed by atoms with Crippen molar-refractivity contribution in [3.8, 4) is 0 Å². The molecule has 0 spiro atoms. The van der Waals surface area contributed by atoms with E-state index in [-0.39, 0.29) is 10.8 Å². The van der Waals surface area contributed by atoms with E-state index in [0.717, 1.165) is 5.56 Å². The summed E-state index contributed by atoms with van der Waals surface area (Å²) in [6.45, 7) is 15.8. The van der Waals surface area contributed by atoms with Crippen LogP contribution in [0.4, 0.5) is 0 Å². The smallest absolute Gasteiger partial charge is 0.0761 e. The van der Waals surface area contributed by atoms with Gasteiger partial charge in [-0.05, 0) is 57.4 Å². The van der Waals surface area contributed by atoms with Gasteiger partial charge in [0.15, 0.2) is 0 Å². The molecule has 3 unspecified atom stereocenters. The molecule has 0 aliphatic rings. The van der Waals surface area contributed by atoms with Crippen LogP contribution in [0.25, 0.3) is 0 Å². The number of benzene rings is 3. The topological polar surface area (TPSA) is 20.2 Å². The molecule has 0 radical (unpaired) electrons. The van der Waals surface area contributed by atoms with Crippen LogP contribution in [0.3, 0.4) is 0 Å². The lowest BCUT2D eigenvalue weighted by atomic mass is 9.69. The van der Waals surface area contributed by atoms with Crippen LogP contribution in [0.1, 0.15) is 94.2 Å². The first-order chi connectivity index (χ1) is 14.5. The first-order valence-electron chi connectivity index (χ1n) is 11.5. The number of hydrogen-bond donors (Lipinski definition) is 1. The molecule has 3 atom stereocenters. The molecule has 164 valence electrons. The molecule has 0 amide bonds. The van der Waals surface area contributed by atoms with Crippen molar-refractivity contribution in [2.45, 2.75) is 77.2 Å². The quantitative estimate of drug-likeness (QED) is 0.416. The largest absolute Gasteiger partial charge is 0.389 e. The maximum atomic E-state index is 9.81. The van der Waals surface area contributed by atoms with E-state index in [4.69, 9.17) is 0 Å². The summed E-state index contributed by atoms with van der Waals surface area (Å²) in [5.41, 5.74) is 6.42. The van der Waals surface area contributed by atoms with Gasteiger partial charge in [0.1, 0.15) is 0 Å². The van der Waals surface area contributed by atoms with Crippen molar-refractivity contribution in [1.29, 1.82) is 0 Å². The molecule has 0 saturated carbocycles. The number of aliphatic hydroxyl groups excluding tert-OH is 1. The molecule has 1 heteroatoms. The van der Waals surface area contributed by atoms with Gasteiger partial charge in [-0.2, -0.15) is 0 Å². The van der Waals surface area contributed by atoms with E-state index in [1.165, 1.54) is 22.3 Å². The van der Waals surface area contributed by atoms with Crippen LogP contribution in [0.2, 0.25) is 0 Å². The molecule has 1 nitrogen and oxygen atoms in total. The van der Waals surface area contributed by atoms with Gasteiger partial charge in [-0.3, -0.25) is 0 Å². The maximum absolute atomic E-state index is 9.81. The molecule has 0 aromatic heterocycles. The number of hydrogen-bond acceptors (Lipinski definition) is 1. The second kappa shape index (κ2) is 9.01. The lowest BCUT2D eigenvalue weighted by Crippen LogP contribution is -2.26. The Morgan fingerprint density at radius 2 is 0.871 bits per heavy atom. The second-order valence-corrected chi connectivity index (χ2v) is 10.2. The Kier molecular flexibility index (Phi) is 6.76. The van der Waals surface area contributed by atoms with Gasteiger partial charge in [0, 0.05) is 0 Å². The van der Waals surface area contributed by atoms with Gasteiger partial charge in [0.2, 0.25) is 0 Å². The fourth-order valence-corrected chi connectivity index (χ4v) is 4.47. The van der Waals surface area contributed by atoms with Crippen LogP contribution in [-0.4, -0.2) is 5.11 Å². The number of aliphatic hydroxyl groups is 1. The molecule has 3 aromatic carbocycles. The minimum absolute atomic E-state index is 0.00834. The van der Waals surface area contributed by atoms with Crippen LogP contribution in [0.5, 0.6) is 0 Å². The molecule has 0 aliphatic heterocycles. The molecule has 0 fully saturated rings. The lowest BCUT2D eigenvalue weighted by molar-refractivity contribution is 0.199. The molecule has 3 aromatic rings. The van der Waals surface area contributed by atoms with Crippen molar-refractivity contribution >= 4 is 0 Å². The standard InChI is InChI=1S/C30H38O/c1-21(24-11-9-8-10-12-24)29(4,5)27-17-13-25(14-18-27)22(2)30(6,7)28-19-15-26(16-20-28)23(3)31/h8-23,31H,1-7H3. The fraction of sp³-hybridized carbons (Fsp3) is 0.400. The monoisotopic (exact) mass is 414 g/mol. The highest BCUT2D eigenvalue weighted by Crippen LogP contribution is 2.41. The summed E-state index contributed by atoms with van der Waals surface area (Å²) < 4.78 is 0. The van der Waals surface area contributed by atoms with Crippen molar-refractivity contribution in [1.82, 2.24) is 0 Å². The number of rotatable bonds is 7. The fourth-order valence-electron chi connectivity index (χ4n) is 4.47. The highest BCUT2D eigenvalue weighted by atomic mass is 16.3. The zero-order valence-corrected chi connectivity index (χ0v) is 20.2. The van der Waals surface area contributed by atoms with Gasteiger partial charge in [0.05, 0.1) is 6.10 Å². The Hall–Kier alpha value is -2.38. The van der Waals surface area contributed by atoms with Crippen molar-refractivity contribution in [3.05, 3.63) is 107 Å². The van der Waals surface area contributed by atoms with Crippen molar-refractivity contribution in [3.63, 3.8) is 0 Å². The highest BCUT2D eigenvalue weighted by molar-refractivity contribution is 5.38. The van der Waals surface area contributed by atoms with Crippen LogP contribution >= 0.6 is 0 Å². The first kappa shape index (κ1) is 23.3. The summed E-state index contributed by atoms with van der Waals surface area (Å²) in [5, 5.41) is 9.81. The second-order valence-electron chi connectivity index (χ2n) is 10.2. The molecule has 31 heavy (non-hydrogen) atoms. The van der Waals surface area contributed by atoms with Gasteiger partial charge in [-0.15, -0.1) is 0 Å². The van der Waals surface area contributed by atoms with E-state index in [9.17, 15) is 5.11 Å². The van der Waals surface area contributed by atoms with E-state index in [1.54, 1.807) is 0 Å². The molecule has 1 N–H and O–H groups in total. The summed E-state index contributed by atoms with van der Waals surface area (Å²) in [6.07, 6.45) is -0.427. The van der Waals surface area contributed by atoms with Gasteiger partial charge in [-0.25, -0.2) is 0 Å². The minimum Gasteiger partial charge on any atom is -0.389 e. The summed E-state index contributed by atoms with van der Waals surface area (Å²) in [7, 11) is 0. The van der Waals surface area contributed by atoms with Gasteiger partial charge >= 0.3 is 0 Å². The Labute approximate surface area is 189 Å². The van der Waals surface area contributed by atoms with Gasteiger partial charge < -0.3 is 5.11 Å². The normalized spacial score (nSPS) is 15.4. The third-order valence-electron chi connectivity index (χ3n) is 7.76. The third kappa shape index (κ3) is 4.77. The molecule has 0 bridgehead atoms. The predicted molar refractivity (Wildman–Crippen MR) is 133 cm³/mol. The summed E-state index contributed by atoms with van der Waals surface area (Å²) >= 11 is 0. The Morgan fingerprint density at radius 3 is 1.26 bits per heavy atom. The van der Waals surface area contributed by atoms with Gasteiger partial charge in [-0.1, -0.05) is 120 Å². The van der Waals surface area contributed by atoms with Crippen molar-refractivity contribution in [2.24, 2.45) is 0 Å². The average Bonchev–Trinajstić information content (AvgIpc) is 2.78. The van der Waals surface area contributed by atoms with Gasteiger partial charge in [0.25, 0.3) is 0 Å². The van der Waals surface area contributed by atoms with Crippen LogP contribution in [-0.2, 0) is 10.8 Å². The molecule has 0 aliphatic carbocycles. The van der Waals surface area contributed by atoms with E-state index in [0.29, 0.717) is 11.8 Å². The molecular weight excluding hydrogens is 376 g/mol. The van der Waals surface area contributed by atoms with E-state index < -0.39 is 6.10 Å². The van der Waals surface area contributed by atoms with E-state index in [1.807, 2.05) is 19.1 Å². The maximum Gasteiger partial charge on any atom is 0.0761 e. The SMILES string of the molecule is CC(O)c1ccc(C(C)(C)C(C)c2ccc(C(C)(C)C(C)c3ccccc3)cc2)cc1. The van der Waals surface area contributed by atoms with Crippen LogP contribution in [0, 0.1) is 0 Å². The van der Waals surface area contributed by atoms with E-state index in [2.05, 4.69) is 108 Å². The summed E-state index contributed by atoms with van der Waals surface area (Å²) in [5.74, 6) is 0.800. The van der Waals surface area contributed by atoms with E-state index >= 15 is 0 Å². The summed E-state index contributed by atoms with van der Waals surface area (Å²) in [6, 6.07) is 28.5. The first-order valence-corrected chi connectivity index (χ1v) is 11.5. The molecule has 0 saturated heterocycles. The lowest BCUT2D eigenvalue weighted by Gasteiger charge is -2.35. The van der Waals surface area contributed by atoms with Crippen molar-refractivity contribution < 1.29 is 5.11 Å². The zero-order chi connectivity index (χ0) is 22.8. The summed E-state index contributed by atoms with van der Waals surface area (Å²) in [4.78, 5) is 0. The molecule has 0 heterocycles. The van der Waals surface area contributed by atoms with Crippen LogP contribution < -0.4 is 0 Å². The Bertz CT molecular complexity index is 963. The Morgan fingerprint density at radius 1 is 0.516 bits per heavy atom.